The van der Waals surface area contributed by atoms with Gasteiger partial charge in [0.25, 0.3) is 0 Å². The average molecular weight is 482 g/mol. The molecule has 0 aromatic heterocycles. The van der Waals surface area contributed by atoms with Gasteiger partial charge in [-0.3, -0.25) is 4.79 Å². The van der Waals surface area contributed by atoms with Crippen LogP contribution in [0.4, 0.5) is 0 Å². The van der Waals surface area contributed by atoms with Crippen LogP contribution in [0.2, 0.25) is 0 Å². The predicted octanol–water partition coefficient (Wildman–Crippen LogP) is 3.23. The van der Waals surface area contributed by atoms with Gasteiger partial charge >= 0.3 is 5.97 Å². The van der Waals surface area contributed by atoms with E-state index in [1.165, 1.54) is 83.5 Å². The standard InChI is InChI=1S/C18H36O2.C4H11NO2.C3H8O3/c1-2-3-4-5-6-7-8-9-10-11-12-13-14-15-16-17-18(19)20;6-3-1-5-2-4-7;4-1-3(6)2-5/h2-17H2,1H3,(H,19,20);5-7H,1-4H2;3-6H,1-2H2. The Hall–Kier alpha value is -0.770. The van der Waals surface area contributed by atoms with Crippen molar-refractivity contribution < 1.29 is 35.4 Å². The second-order valence-electron chi connectivity index (χ2n) is 8.31. The zero-order valence-electron chi connectivity index (χ0n) is 21.2. The fraction of sp³-hybridized carbons (Fsp3) is 0.960. The van der Waals surface area contributed by atoms with Crippen LogP contribution in [0.1, 0.15) is 110 Å². The van der Waals surface area contributed by atoms with Gasteiger partial charge in [-0.05, 0) is 6.42 Å². The number of hydrogen-bond donors (Lipinski definition) is 7. The molecule has 0 saturated heterocycles. The Kier molecular flexibility index (Phi) is 39.9. The SMILES string of the molecule is CCCCCCCCCCCCCCCCCC(=O)O.OCC(O)CO.OCCNCCO. The van der Waals surface area contributed by atoms with E-state index in [1.54, 1.807) is 0 Å². The molecule has 0 saturated carbocycles. The van der Waals surface area contributed by atoms with Gasteiger partial charge in [0, 0.05) is 19.5 Å². The number of carboxylic acids is 1. The van der Waals surface area contributed by atoms with E-state index in [9.17, 15) is 4.79 Å². The first-order valence-electron chi connectivity index (χ1n) is 13.0. The van der Waals surface area contributed by atoms with Crippen molar-refractivity contribution in [3.8, 4) is 0 Å². The summed E-state index contributed by atoms with van der Waals surface area (Å²) in [7, 11) is 0. The molecule has 0 spiro atoms. The molecule has 0 atom stereocenters. The fourth-order valence-electron chi connectivity index (χ4n) is 2.99. The van der Waals surface area contributed by atoms with Gasteiger partial charge in [-0.1, -0.05) is 96.8 Å². The van der Waals surface area contributed by atoms with E-state index in [0.717, 1.165) is 12.8 Å². The third-order valence-electron chi connectivity index (χ3n) is 4.99. The maximum atomic E-state index is 10.3. The fourth-order valence-corrected chi connectivity index (χ4v) is 2.99. The van der Waals surface area contributed by atoms with Crippen molar-refractivity contribution in [2.75, 3.05) is 39.5 Å². The lowest BCUT2D eigenvalue weighted by atomic mass is 10.0. The molecule has 7 N–H and O–H groups in total. The Balaban J connectivity index is -0.000000563. The molecule has 0 aromatic carbocycles. The first kappa shape index (κ1) is 36.8. The van der Waals surface area contributed by atoms with E-state index >= 15 is 0 Å². The number of carbonyl (C=O) groups is 1. The van der Waals surface area contributed by atoms with Crippen LogP contribution in [-0.2, 0) is 4.79 Å². The molecular weight excluding hydrogens is 426 g/mol. The first-order chi connectivity index (χ1) is 16.0. The zero-order chi connectivity index (χ0) is 25.4. The monoisotopic (exact) mass is 481 g/mol. The number of rotatable bonds is 22. The topological polar surface area (TPSA) is 150 Å². The van der Waals surface area contributed by atoms with Gasteiger partial charge in [-0.2, -0.15) is 0 Å². The van der Waals surface area contributed by atoms with Gasteiger partial charge < -0.3 is 36.0 Å². The molecule has 0 amide bonds. The van der Waals surface area contributed by atoms with E-state index in [1.807, 2.05) is 0 Å². The minimum atomic E-state index is -0.954. The van der Waals surface area contributed by atoms with Crippen molar-refractivity contribution in [1.29, 1.82) is 0 Å². The van der Waals surface area contributed by atoms with Crippen LogP contribution in [0.25, 0.3) is 0 Å². The number of nitrogens with one attached hydrogen (secondary N) is 1. The van der Waals surface area contributed by atoms with Gasteiger partial charge in [-0.15, -0.1) is 0 Å². The quantitative estimate of drug-likeness (QED) is 0.116. The van der Waals surface area contributed by atoms with Crippen molar-refractivity contribution >= 4 is 5.97 Å². The summed E-state index contributed by atoms with van der Waals surface area (Å²) in [6.45, 7) is 2.96. The summed E-state index contributed by atoms with van der Waals surface area (Å²) >= 11 is 0. The zero-order valence-corrected chi connectivity index (χ0v) is 21.2. The minimum Gasteiger partial charge on any atom is -0.481 e. The summed E-state index contributed by atoms with van der Waals surface area (Å²) in [5.41, 5.74) is 0. The maximum Gasteiger partial charge on any atom is 0.303 e. The molecule has 8 heteroatoms. The Morgan fingerprint density at radius 3 is 1.21 bits per heavy atom. The van der Waals surface area contributed by atoms with E-state index in [-0.39, 0.29) is 26.4 Å². The lowest BCUT2D eigenvalue weighted by molar-refractivity contribution is -0.137. The number of unbranched alkanes of at least 4 members (excludes halogenated alkanes) is 14. The molecule has 0 bridgehead atoms. The Morgan fingerprint density at radius 2 is 0.970 bits per heavy atom. The highest BCUT2D eigenvalue weighted by molar-refractivity contribution is 5.66. The molecule has 0 radical (unpaired) electrons. The number of hydrogen-bond acceptors (Lipinski definition) is 7. The third-order valence-corrected chi connectivity index (χ3v) is 4.99. The highest BCUT2D eigenvalue weighted by Crippen LogP contribution is 2.13. The molecule has 0 aliphatic rings. The summed E-state index contributed by atoms with van der Waals surface area (Å²) in [6, 6.07) is 0. The average Bonchev–Trinajstić information content (AvgIpc) is 2.82. The highest BCUT2D eigenvalue weighted by Gasteiger charge is 1.97. The summed E-state index contributed by atoms with van der Waals surface area (Å²) in [5, 5.41) is 51.6. The Morgan fingerprint density at radius 1 is 0.636 bits per heavy atom. The van der Waals surface area contributed by atoms with Crippen LogP contribution in [-0.4, -0.2) is 82.2 Å². The lowest BCUT2D eigenvalue weighted by Gasteiger charge is -2.03. The molecule has 0 heterocycles. The van der Waals surface area contributed by atoms with Crippen molar-refractivity contribution in [3.63, 3.8) is 0 Å². The molecule has 33 heavy (non-hydrogen) atoms. The molecule has 0 fully saturated rings. The lowest BCUT2D eigenvalue weighted by Crippen LogP contribution is -2.21. The Bertz CT molecular complexity index is 339. The van der Waals surface area contributed by atoms with Crippen molar-refractivity contribution in [2.45, 2.75) is 116 Å². The number of aliphatic hydroxyl groups is 5. The summed E-state index contributed by atoms with van der Waals surface area (Å²) in [6.07, 6.45) is 19.2. The predicted molar refractivity (Wildman–Crippen MR) is 134 cm³/mol. The van der Waals surface area contributed by atoms with Crippen LogP contribution in [0.5, 0.6) is 0 Å². The van der Waals surface area contributed by atoms with Crippen LogP contribution >= 0.6 is 0 Å². The first-order valence-corrected chi connectivity index (χ1v) is 13.0. The van der Waals surface area contributed by atoms with E-state index in [0.29, 0.717) is 19.5 Å². The van der Waals surface area contributed by atoms with Gasteiger partial charge in [0.05, 0.1) is 26.4 Å². The van der Waals surface area contributed by atoms with Gasteiger partial charge in [0.1, 0.15) is 6.10 Å². The summed E-state index contributed by atoms with van der Waals surface area (Å²) in [4.78, 5) is 10.3. The van der Waals surface area contributed by atoms with E-state index < -0.39 is 12.1 Å². The normalized spacial score (nSPS) is 10.4. The third kappa shape index (κ3) is 45.4. The molecule has 0 unspecified atom stereocenters. The molecule has 8 nitrogen and oxygen atoms in total. The second-order valence-corrected chi connectivity index (χ2v) is 8.31. The van der Waals surface area contributed by atoms with Crippen molar-refractivity contribution in [3.05, 3.63) is 0 Å². The molecule has 0 aliphatic heterocycles. The smallest absolute Gasteiger partial charge is 0.303 e. The maximum absolute atomic E-state index is 10.3. The molecular formula is C25H55NO7. The molecule has 0 rings (SSSR count). The number of carboxylic acid groups (broad SMARTS) is 1. The summed E-state index contributed by atoms with van der Waals surface area (Å²) in [5.74, 6) is -0.653. The number of aliphatic carboxylic acids is 1. The van der Waals surface area contributed by atoms with Crippen LogP contribution in [0.3, 0.4) is 0 Å². The van der Waals surface area contributed by atoms with Crippen LogP contribution < -0.4 is 5.32 Å². The van der Waals surface area contributed by atoms with E-state index in [4.69, 9.17) is 30.6 Å². The van der Waals surface area contributed by atoms with Crippen molar-refractivity contribution in [2.24, 2.45) is 0 Å². The van der Waals surface area contributed by atoms with Gasteiger partial charge in [0.15, 0.2) is 0 Å². The summed E-state index contributed by atoms with van der Waals surface area (Å²) < 4.78 is 0. The van der Waals surface area contributed by atoms with Crippen molar-refractivity contribution in [1.82, 2.24) is 5.32 Å². The highest BCUT2D eigenvalue weighted by atomic mass is 16.4. The number of aliphatic hydroxyl groups excluding tert-OH is 5. The second kappa shape index (κ2) is 35.8. The minimum absolute atomic E-state index is 0.139. The molecule has 202 valence electrons. The van der Waals surface area contributed by atoms with Gasteiger partial charge in [0.2, 0.25) is 0 Å². The Labute approximate surface area is 202 Å². The van der Waals surface area contributed by atoms with E-state index in [2.05, 4.69) is 12.2 Å². The van der Waals surface area contributed by atoms with Crippen LogP contribution in [0.15, 0.2) is 0 Å². The van der Waals surface area contributed by atoms with Gasteiger partial charge in [-0.25, -0.2) is 0 Å². The molecule has 0 aliphatic carbocycles. The largest absolute Gasteiger partial charge is 0.481 e. The van der Waals surface area contributed by atoms with Crippen LogP contribution in [0, 0.1) is 0 Å². The molecule has 0 aromatic rings.